The Morgan fingerprint density at radius 2 is 1.86 bits per heavy atom. The second-order valence-electron chi connectivity index (χ2n) is 8.59. The maximum atomic E-state index is 14.6. The quantitative estimate of drug-likeness (QED) is 0.376. The lowest BCUT2D eigenvalue weighted by atomic mass is 10.1. The Hall–Kier alpha value is -3.40. The van der Waals surface area contributed by atoms with Crippen molar-refractivity contribution in [3.8, 4) is 22.8 Å². The fraction of sp³-hybridized carbons (Fsp3) is 0.240. The third-order valence-corrected chi connectivity index (χ3v) is 5.86. The molecule has 0 unspecified atom stereocenters. The summed E-state index contributed by atoms with van der Waals surface area (Å²) >= 11 is 12.7. The van der Waals surface area contributed by atoms with E-state index in [-0.39, 0.29) is 45.6 Å². The Balaban J connectivity index is 1.75. The van der Waals surface area contributed by atoms with Crippen LogP contribution in [0.3, 0.4) is 0 Å². The third-order valence-electron chi connectivity index (χ3n) is 5.22. The van der Waals surface area contributed by atoms with Crippen molar-refractivity contribution in [1.82, 2.24) is 24.5 Å². The predicted molar refractivity (Wildman–Crippen MR) is 134 cm³/mol. The number of pyridine rings is 1. The fourth-order valence-electron chi connectivity index (χ4n) is 3.48. The lowest BCUT2D eigenvalue weighted by Gasteiger charge is -2.17. The topological polar surface area (TPSA) is 103 Å². The number of aryl methyl sites for hydroxylation is 2. The van der Waals surface area contributed by atoms with Crippen LogP contribution in [0.25, 0.3) is 16.9 Å². The van der Waals surface area contributed by atoms with Gasteiger partial charge in [-0.15, -0.1) is 0 Å². The van der Waals surface area contributed by atoms with Gasteiger partial charge >= 0.3 is 0 Å². The van der Waals surface area contributed by atoms with Gasteiger partial charge in [-0.05, 0) is 52.0 Å². The highest BCUT2D eigenvalue weighted by atomic mass is 35.5. The van der Waals surface area contributed by atoms with Crippen LogP contribution >= 0.6 is 23.2 Å². The summed E-state index contributed by atoms with van der Waals surface area (Å²) < 4.78 is 21.5. The molecule has 0 spiro atoms. The molecule has 0 radical (unpaired) electrons. The molecule has 0 aliphatic carbocycles. The van der Waals surface area contributed by atoms with E-state index in [1.54, 1.807) is 19.1 Å². The van der Waals surface area contributed by atoms with E-state index in [0.717, 1.165) is 11.9 Å². The zero-order valence-corrected chi connectivity index (χ0v) is 21.4. The lowest BCUT2D eigenvalue weighted by molar-refractivity contribution is 0.0686. The molecule has 0 bridgehead atoms. The van der Waals surface area contributed by atoms with Crippen LogP contribution < -0.4 is 10.3 Å². The summed E-state index contributed by atoms with van der Waals surface area (Å²) in [5, 5.41) is 10.2. The number of rotatable bonds is 6. The molecule has 8 nitrogen and oxygen atoms in total. The zero-order chi connectivity index (χ0) is 26.2. The van der Waals surface area contributed by atoms with Gasteiger partial charge in [0.15, 0.2) is 16.7 Å². The minimum Gasteiger partial charge on any atom is -0.470 e. The number of hydrogen-bond acceptors (Lipinski definition) is 7. The van der Waals surface area contributed by atoms with E-state index >= 15 is 0 Å². The summed E-state index contributed by atoms with van der Waals surface area (Å²) in [6.45, 7) is 6.51. The Kier molecular flexibility index (Phi) is 7.08. The van der Waals surface area contributed by atoms with E-state index in [9.17, 15) is 14.3 Å². The normalized spacial score (nSPS) is 11.6. The average Bonchev–Trinajstić information content (AvgIpc) is 2.81. The standard InChI is InChI=1S/C25H22Cl2FN5O3/c1-13-6-5-7-16(30-13)12-36-22-20(27)23(34)33(14(2)31-22)19-10-15(8-9-17(19)26)21-18(28)11-29-24(32-21)25(3,4)35/h5-11,35H,12H2,1-4H3. The van der Waals surface area contributed by atoms with Crippen LogP contribution in [0.5, 0.6) is 5.88 Å². The highest BCUT2D eigenvalue weighted by molar-refractivity contribution is 6.33. The molecule has 0 amide bonds. The van der Waals surface area contributed by atoms with Gasteiger partial charge in [0.2, 0.25) is 5.88 Å². The third kappa shape index (κ3) is 5.23. The molecule has 4 aromatic rings. The Bertz CT molecular complexity index is 1520. The molecule has 0 fully saturated rings. The molecule has 186 valence electrons. The molecule has 11 heteroatoms. The van der Waals surface area contributed by atoms with Crippen molar-refractivity contribution >= 4 is 23.2 Å². The number of halogens is 3. The molecular formula is C25H22Cl2FN5O3. The first-order valence-corrected chi connectivity index (χ1v) is 11.6. The molecule has 1 aromatic carbocycles. The van der Waals surface area contributed by atoms with Crippen molar-refractivity contribution in [2.45, 2.75) is 39.9 Å². The number of ether oxygens (including phenoxy) is 1. The molecule has 1 N–H and O–H groups in total. The number of nitrogens with zero attached hydrogens (tertiary/aromatic N) is 5. The fourth-order valence-corrected chi connectivity index (χ4v) is 3.86. The van der Waals surface area contributed by atoms with Crippen LogP contribution in [0.1, 0.15) is 36.9 Å². The predicted octanol–water partition coefficient (Wildman–Crippen LogP) is 4.95. The van der Waals surface area contributed by atoms with Gasteiger partial charge in [0.1, 0.15) is 23.7 Å². The minimum atomic E-state index is -1.38. The second-order valence-corrected chi connectivity index (χ2v) is 9.38. The Labute approximate surface area is 216 Å². The molecule has 0 aliphatic heterocycles. The Morgan fingerprint density at radius 3 is 2.56 bits per heavy atom. The summed E-state index contributed by atoms with van der Waals surface area (Å²) in [5.74, 6) is -0.457. The van der Waals surface area contributed by atoms with E-state index < -0.39 is 17.0 Å². The summed E-state index contributed by atoms with van der Waals surface area (Å²) in [4.78, 5) is 30.0. The molecule has 3 heterocycles. The average molecular weight is 530 g/mol. The highest BCUT2D eigenvalue weighted by Gasteiger charge is 2.23. The molecule has 3 aromatic heterocycles. The largest absolute Gasteiger partial charge is 0.470 e. The molecule has 0 aliphatic rings. The van der Waals surface area contributed by atoms with Crippen LogP contribution in [0.15, 0.2) is 47.4 Å². The molecule has 0 atom stereocenters. The van der Waals surface area contributed by atoms with E-state index in [2.05, 4.69) is 19.9 Å². The SMILES string of the molecule is Cc1cccc(COc2nc(C)n(-c3cc(-c4nc(C(C)(C)O)ncc4F)ccc3Cl)c(=O)c2Cl)n1. The first-order chi connectivity index (χ1) is 17.0. The minimum absolute atomic E-state index is 0.0392. The van der Waals surface area contributed by atoms with E-state index in [1.807, 2.05) is 19.1 Å². The van der Waals surface area contributed by atoms with Crippen molar-refractivity contribution in [3.05, 3.63) is 91.8 Å². The number of benzene rings is 1. The van der Waals surface area contributed by atoms with Gasteiger partial charge in [-0.1, -0.05) is 35.3 Å². The first kappa shape index (κ1) is 25.7. The van der Waals surface area contributed by atoms with Gasteiger partial charge in [0.05, 0.1) is 22.6 Å². The van der Waals surface area contributed by atoms with Gasteiger partial charge in [-0.2, -0.15) is 4.98 Å². The van der Waals surface area contributed by atoms with E-state index in [0.29, 0.717) is 11.3 Å². The second kappa shape index (κ2) is 9.93. The highest BCUT2D eigenvalue weighted by Crippen LogP contribution is 2.30. The van der Waals surface area contributed by atoms with Crippen LogP contribution in [0, 0.1) is 19.7 Å². The summed E-state index contributed by atoms with van der Waals surface area (Å²) in [7, 11) is 0. The zero-order valence-electron chi connectivity index (χ0n) is 19.9. The van der Waals surface area contributed by atoms with Crippen LogP contribution in [0.4, 0.5) is 4.39 Å². The number of hydrogen-bond donors (Lipinski definition) is 1. The molecule has 36 heavy (non-hydrogen) atoms. The van der Waals surface area contributed by atoms with Crippen LogP contribution in [-0.2, 0) is 12.2 Å². The number of aliphatic hydroxyl groups is 1. The van der Waals surface area contributed by atoms with Gasteiger partial charge < -0.3 is 9.84 Å². The van der Waals surface area contributed by atoms with Crippen molar-refractivity contribution in [3.63, 3.8) is 0 Å². The summed E-state index contributed by atoms with van der Waals surface area (Å²) in [6.07, 6.45) is 0.981. The maximum Gasteiger partial charge on any atom is 0.280 e. The van der Waals surface area contributed by atoms with E-state index in [1.165, 1.54) is 30.5 Å². The van der Waals surface area contributed by atoms with Gasteiger partial charge in [-0.3, -0.25) is 14.3 Å². The van der Waals surface area contributed by atoms with Crippen LogP contribution in [0.2, 0.25) is 10.0 Å². The smallest absolute Gasteiger partial charge is 0.280 e. The van der Waals surface area contributed by atoms with E-state index in [4.69, 9.17) is 27.9 Å². The first-order valence-electron chi connectivity index (χ1n) is 10.9. The van der Waals surface area contributed by atoms with Crippen molar-refractivity contribution in [2.24, 2.45) is 0 Å². The van der Waals surface area contributed by atoms with Crippen LogP contribution in [-0.4, -0.2) is 29.6 Å². The molecular weight excluding hydrogens is 508 g/mol. The van der Waals surface area contributed by atoms with Gasteiger partial charge in [-0.25, -0.2) is 14.4 Å². The summed E-state index contributed by atoms with van der Waals surface area (Å²) in [6, 6.07) is 10.0. The summed E-state index contributed by atoms with van der Waals surface area (Å²) in [5.41, 5.74) is -0.0409. The van der Waals surface area contributed by atoms with Gasteiger partial charge in [0.25, 0.3) is 5.56 Å². The Morgan fingerprint density at radius 1 is 1.11 bits per heavy atom. The van der Waals surface area contributed by atoms with Crippen molar-refractivity contribution in [2.75, 3.05) is 0 Å². The molecule has 4 rings (SSSR count). The van der Waals surface area contributed by atoms with Crippen molar-refractivity contribution < 1.29 is 14.2 Å². The van der Waals surface area contributed by atoms with Gasteiger partial charge in [0, 0.05) is 11.3 Å². The molecule has 0 saturated carbocycles. The number of aromatic nitrogens is 5. The van der Waals surface area contributed by atoms with Crippen molar-refractivity contribution in [1.29, 1.82) is 0 Å². The monoisotopic (exact) mass is 529 g/mol. The maximum absolute atomic E-state index is 14.6. The molecule has 0 saturated heterocycles. The lowest BCUT2D eigenvalue weighted by Crippen LogP contribution is -2.24.